The zero-order valence-electron chi connectivity index (χ0n) is 22.9. The van der Waals surface area contributed by atoms with Gasteiger partial charge in [0, 0.05) is 19.2 Å². The van der Waals surface area contributed by atoms with Gasteiger partial charge in [-0.25, -0.2) is 0 Å². The van der Waals surface area contributed by atoms with Crippen molar-refractivity contribution >= 4 is 11.8 Å². The molecule has 0 saturated heterocycles. The van der Waals surface area contributed by atoms with E-state index in [1.54, 1.807) is 44.4 Å². The van der Waals surface area contributed by atoms with E-state index in [0.29, 0.717) is 40.7 Å². The van der Waals surface area contributed by atoms with Crippen molar-refractivity contribution in [3.05, 3.63) is 47.0 Å². The maximum Gasteiger partial charge on any atom is 0.254 e. The fourth-order valence-corrected chi connectivity index (χ4v) is 4.95. The summed E-state index contributed by atoms with van der Waals surface area (Å²) in [4.78, 5) is 31.3. The van der Waals surface area contributed by atoms with Gasteiger partial charge in [-0.15, -0.1) is 0 Å². The monoisotopic (exact) mass is 513 g/mol. The second-order valence-corrected chi connectivity index (χ2v) is 8.92. The van der Waals surface area contributed by atoms with Crippen molar-refractivity contribution in [1.82, 2.24) is 15.1 Å². The number of hydrogen-bond donors (Lipinski definition) is 1. The summed E-state index contributed by atoms with van der Waals surface area (Å²) in [7, 11) is 7.90. The number of rotatable bonds is 12. The Kier molecular flexibility index (Phi) is 9.63. The van der Waals surface area contributed by atoms with Crippen LogP contribution in [0.2, 0.25) is 0 Å². The lowest BCUT2D eigenvalue weighted by Crippen LogP contribution is -2.46. The number of carbonyl (C=O) groups is 2. The first-order valence-corrected chi connectivity index (χ1v) is 12.6. The average molecular weight is 514 g/mol. The predicted molar refractivity (Wildman–Crippen MR) is 142 cm³/mol. The Hall–Kier alpha value is -3.46. The summed E-state index contributed by atoms with van der Waals surface area (Å²) in [5, 5.41) is 3.12. The van der Waals surface area contributed by atoms with Gasteiger partial charge in [-0.3, -0.25) is 9.59 Å². The highest BCUT2D eigenvalue weighted by Crippen LogP contribution is 2.46. The van der Waals surface area contributed by atoms with E-state index in [4.69, 9.17) is 18.9 Å². The third kappa shape index (κ3) is 5.77. The van der Waals surface area contributed by atoms with Crippen molar-refractivity contribution in [3.63, 3.8) is 0 Å². The van der Waals surface area contributed by atoms with Crippen LogP contribution < -0.4 is 24.3 Å². The smallest absolute Gasteiger partial charge is 0.254 e. The summed E-state index contributed by atoms with van der Waals surface area (Å²) < 4.78 is 21.9. The van der Waals surface area contributed by atoms with Gasteiger partial charge in [0.1, 0.15) is 0 Å². The van der Waals surface area contributed by atoms with Crippen LogP contribution in [-0.2, 0) is 4.79 Å². The molecule has 0 spiro atoms. The van der Waals surface area contributed by atoms with Crippen LogP contribution in [0.3, 0.4) is 0 Å². The van der Waals surface area contributed by atoms with Gasteiger partial charge in [-0.05, 0) is 61.4 Å². The average Bonchev–Trinajstić information content (AvgIpc) is 2.93. The number of hydrogen-bond acceptors (Lipinski definition) is 7. The van der Waals surface area contributed by atoms with Gasteiger partial charge in [-0.2, -0.15) is 0 Å². The number of carbonyl (C=O) groups excluding carboxylic acids is 2. The lowest BCUT2D eigenvalue weighted by atomic mass is 9.79. The van der Waals surface area contributed by atoms with Crippen molar-refractivity contribution in [3.8, 4) is 23.0 Å². The summed E-state index contributed by atoms with van der Waals surface area (Å²) in [5.74, 6) is 0.949. The second kappa shape index (κ2) is 12.7. The number of methoxy groups -OCH3 is 4. The SMILES string of the molecule is CCN(CC)CCCNC(=O)[C@@H]1c2cc(OC)c(OC)cc2C(=O)N(C)[C@H]1c1ccc(OC)c(OC)c1. The quantitative estimate of drug-likeness (QED) is 0.435. The van der Waals surface area contributed by atoms with Crippen molar-refractivity contribution in [2.24, 2.45) is 0 Å². The van der Waals surface area contributed by atoms with E-state index in [1.807, 2.05) is 12.1 Å². The summed E-state index contributed by atoms with van der Waals surface area (Å²) in [6.07, 6.45) is 0.828. The molecule has 202 valence electrons. The molecule has 1 N–H and O–H groups in total. The molecule has 9 heteroatoms. The fourth-order valence-electron chi connectivity index (χ4n) is 4.95. The molecule has 1 aliphatic heterocycles. The van der Waals surface area contributed by atoms with E-state index in [1.165, 1.54) is 14.2 Å². The van der Waals surface area contributed by atoms with Gasteiger partial charge in [0.15, 0.2) is 23.0 Å². The number of likely N-dealkylation sites (N-methyl/N-ethyl adjacent to an activating group) is 1. The normalized spacial score (nSPS) is 16.9. The second-order valence-electron chi connectivity index (χ2n) is 8.92. The molecule has 2 aromatic rings. The van der Waals surface area contributed by atoms with E-state index in [0.717, 1.165) is 31.6 Å². The topological polar surface area (TPSA) is 89.6 Å². The van der Waals surface area contributed by atoms with E-state index in [9.17, 15) is 9.59 Å². The van der Waals surface area contributed by atoms with Gasteiger partial charge < -0.3 is 34.1 Å². The van der Waals surface area contributed by atoms with Crippen molar-refractivity contribution < 1.29 is 28.5 Å². The lowest BCUT2D eigenvalue weighted by molar-refractivity contribution is -0.124. The maximum absolute atomic E-state index is 13.8. The molecule has 2 atom stereocenters. The third-order valence-corrected chi connectivity index (χ3v) is 7.05. The Morgan fingerprint density at radius 3 is 2.11 bits per heavy atom. The Morgan fingerprint density at radius 1 is 0.919 bits per heavy atom. The molecule has 1 aliphatic rings. The number of amides is 2. The zero-order chi connectivity index (χ0) is 27.1. The Morgan fingerprint density at radius 2 is 1.51 bits per heavy atom. The van der Waals surface area contributed by atoms with E-state index >= 15 is 0 Å². The standard InChI is InChI=1S/C28H39N3O6/c1-8-31(9-2)14-10-13-29-27(32)25-19-16-23(36-6)24(37-7)17-20(19)28(33)30(3)26(25)18-11-12-21(34-4)22(15-18)35-5/h11-12,15-17,25-26H,8-10,13-14H2,1-7H3,(H,29,32)/t25-,26+/m1/s1. The summed E-state index contributed by atoms with van der Waals surface area (Å²) >= 11 is 0. The Labute approximate surface area is 219 Å². The minimum atomic E-state index is -0.677. The molecule has 0 saturated carbocycles. The number of ether oxygens (including phenoxy) is 4. The van der Waals surface area contributed by atoms with E-state index in [2.05, 4.69) is 24.1 Å². The molecule has 3 rings (SSSR count). The Balaban J connectivity index is 2.06. The van der Waals surface area contributed by atoms with Crippen LogP contribution in [0.4, 0.5) is 0 Å². The molecule has 0 unspecified atom stereocenters. The summed E-state index contributed by atoms with van der Waals surface area (Å²) in [6.45, 7) is 7.63. The van der Waals surface area contributed by atoms with E-state index < -0.39 is 12.0 Å². The van der Waals surface area contributed by atoms with Crippen LogP contribution in [0.15, 0.2) is 30.3 Å². The van der Waals surface area contributed by atoms with Gasteiger partial charge in [0.2, 0.25) is 5.91 Å². The molecule has 37 heavy (non-hydrogen) atoms. The van der Waals surface area contributed by atoms with Gasteiger partial charge in [0.25, 0.3) is 5.91 Å². The number of fused-ring (bicyclic) bond motifs is 1. The molecular weight excluding hydrogens is 474 g/mol. The molecule has 2 aromatic carbocycles. The number of benzene rings is 2. The minimum absolute atomic E-state index is 0.160. The molecule has 0 fully saturated rings. The first-order chi connectivity index (χ1) is 17.8. The molecule has 2 amide bonds. The van der Waals surface area contributed by atoms with Crippen molar-refractivity contribution in [2.45, 2.75) is 32.2 Å². The third-order valence-electron chi connectivity index (χ3n) is 7.05. The minimum Gasteiger partial charge on any atom is -0.493 e. The van der Waals surface area contributed by atoms with Gasteiger partial charge in [0.05, 0.1) is 40.4 Å². The van der Waals surface area contributed by atoms with Crippen LogP contribution in [0.5, 0.6) is 23.0 Å². The summed E-state index contributed by atoms with van der Waals surface area (Å²) in [5.41, 5.74) is 1.78. The highest BCUT2D eigenvalue weighted by atomic mass is 16.5. The van der Waals surface area contributed by atoms with E-state index in [-0.39, 0.29) is 11.8 Å². The molecule has 0 bridgehead atoms. The zero-order valence-corrected chi connectivity index (χ0v) is 22.9. The molecule has 0 radical (unpaired) electrons. The molecule has 9 nitrogen and oxygen atoms in total. The maximum atomic E-state index is 13.8. The Bertz CT molecular complexity index is 1100. The van der Waals surface area contributed by atoms with Crippen LogP contribution in [0, 0.1) is 0 Å². The highest BCUT2D eigenvalue weighted by molar-refractivity contribution is 6.02. The largest absolute Gasteiger partial charge is 0.493 e. The van der Waals surface area contributed by atoms with Gasteiger partial charge in [-0.1, -0.05) is 19.9 Å². The van der Waals surface area contributed by atoms with Crippen molar-refractivity contribution in [1.29, 1.82) is 0 Å². The van der Waals surface area contributed by atoms with Crippen LogP contribution in [-0.4, -0.2) is 83.3 Å². The predicted octanol–water partition coefficient (Wildman–Crippen LogP) is 3.48. The highest BCUT2D eigenvalue weighted by Gasteiger charge is 2.43. The van der Waals surface area contributed by atoms with Crippen molar-refractivity contribution in [2.75, 3.05) is 61.7 Å². The van der Waals surface area contributed by atoms with Gasteiger partial charge >= 0.3 is 0 Å². The number of nitrogens with one attached hydrogen (secondary N) is 1. The number of nitrogens with zero attached hydrogens (tertiary/aromatic N) is 2. The first-order valence-electron chi connectivity index (χ1n) is 12.6. The van der Waals surface area contributed by atoms with Crippen LogP contribution in [0.25, 0.3) is 0 Å². The van der Waals surface area contributed by atoms with Crippen LogP contribution >= 0.6 is 0 Å². The molecular formula is C28H39N3O6. The fraction of sp³-hybridized carbons (Fsp3) is 0.500. The molecule has 0 aliphatic carbocycles. The van der Waals surface area contributed by atoms with Crippen LogP contribution in [0.1, 0.15) is 53.7 Å². The molecule has 1 heterocycles. The summed E-state index contributed by atoms with van der Waals surface area (Å²) in [6, 6.07) is 8.30. The first kappa shape index (κ1) is 28.1. The molecule has 0 aromatic heterocycles. The lowest BCUT2D eigenvalue weighted by Gasteiger charge is -2.40.